The molecule has 7 aromatic rings. The van der Waals surface area contributed by atoms with Crippen LogP contribution in [0.4, 0.5) is 0 Å². The average Bonchev–Trinajstić information content (AvgIpc) is 3.66. The number of hydrogen-bond acceptors (Lipinski definition) is 3. The van der Waals surface area contributed by atoms with Crippen molar-refractivity contribution in [3.05, 3.63) is 131 Å². The van der Waals surface area contributed by atoms with E-state index < -0.39 is 0 Å². The Labute approximate surface area is 329 Å². The van der Waals surface area contributed by atoms with E-state index in [-0.39, 0.29) is 31.3 Å². The Morgan fingerprint density at radius 3 is 2.09 bits per heavy atom. The van der Waals surface area contributed by atoms with E-state index in [1.165, 1.54) is 33.5 Å². The third-order valence-electron chi connectivity index (χ3n) is 10.1. The molecular weight excluding hydrogens is 743 g/mol. The Morgan fingerprint density at radius 1 is 0.736 bits per heavy atom. The van der Waals surface area contributed by atoms with E-state index in [1.54, 1.807) is 0 Å². The first kappa shape index (κ1) is 38.2. The SMILES string of the molecule is CCc1nn(-c2[c-]c(Oc3[c-]c4c(cc3)c3ccccc3n4-c3cc(C(C)C)ccn3)ccc2)c(CC)c1-c1cc(C(C)(C)C)cc(C(C)(C)C)c1.[Pd+2]. The van der Waals surface area contributed by atoms with Gasteiger partial charge >= 0.3 is 20.4 Å². The van der Waals surface area contributed by atoms with Crippen molar-refractivity contribution in [2.45, 2.75) is 98.8 Å². The number of pyridine rings is 1. The Balaban J connectivity index is 0.00000481. The molecule has 53 heavy (non-hydrogen) atoms. The molecule has 274 valence electrons. The van der Waals surface area contributed by atoms with Crippen molar-refractivity contribution in [2.24, 2.45) is 0 Å². The molecule has 0 bridgehead atoms. The Bertz CT molecular complexity index is 2390. The van der Waals surface area contributed by atoms with E-state index in [0.29, 0.717) is 17.4 Å². The molecule has 0 aliphatic rings. The minimum Gasteiger partial charge on any atom is -0.509 e. The van der Waals surface area contributed by atoms with Crippen molar-refractivity contribution in [1.29, 1.82) is 0 Å². The molecular formula is C47H50N4OPd. The molecule has 0 saturated heterocycles. The first-order valence-corrected chi connectivity index (χ1v) is 18.7. The van der Waals surface area contributed by atoms with Gasteiger partial charge in [0.2, 0.25) is 0 Å². The average molecular weight is 793 g/mol. The van der Waals surface area contributed by atoms with Crippen LogP contribution < -0.4 is 4.74 Å². The number of nitrogens with zero attached hydrogens (tertiary/aromatic N) is 4. The molecule has 0 radical (unpaired) electrons. The molecule has 7 rings (SSSR count). The summed E-state index contributed by atoms with van der Waals surface area (Å²) in [6, 6.07) is 37.1. The summed E-state index contributed by atoms with van der Waals surface area (Å²) in [5, 5.41) is 7.48. The zero-order valence-corrected chi connectivity index (χ0v) is 34.2. The van der Waals surface area contributed by atoms with E-state index in [0.717, 1.165) is 51.8 Å². The van der Waals surface area contributed by atoms with Gasteiger partial charge in [-0.15, -0.1) is 35.7 Å². The largest absolute Gasteiger partial charge is 2.00 e. The molecule has 0 spiro atoms. The molecule has 0 aliphatic heterocycles. The van der Waals surface area contributed by atoms with Crippen LogP contribution in [0.2, 0.25) is 0 Å². The van der Waals surface area contributed by atoms with E-state index in [1.807, 2.05) is 24.4 Å². The summed E-state index contributed by atoms with van der Waals surface area (Å²) >= 11 is 0. The van der Waals surface area contributed by atoms with Gasteiger partial charge in [0.25, 0.3) is 0 Å². The number of hydrogen-bond donors (Lipinski definition) is 0. The van der Waals surface area contributed by atoms with Gasteiger partial charge in [0, 0.05) is 34.5 Å². The molecule has 4 aromatic carbocycles. The number of aromatic nitrogens is 4. The minimum atomic E-state index is 0. The first-order valence-electron chi connectivity index (χ1n) is 18.7. The predicted molar refractivity (Wildman–Crippen MR) is 216 cm³/mol. The Hall–Kier alpha value is -4.50. The fraction of sp³-hybridized carbons (Fsp3) is 0.319. The second-order valence-corrected chi connectivity index (χ2v) is 16.2. The predicted octanol–water partition coefficient (Wildman–Crippen LogP) is 12.3. The van der Waals surface area contributed by atoms with Crippen LogP contribution in [-0.4, -0.2) is 19.3 Å². The molecule has 0 atom stereocenters. The minimum absolute atomic E-state index is 0. The van der Waals surface area contributed by atoms with Crippen molar-refractivity contribution >= 4 is 21.8 Å². The van der Waals surface area contributed by atoms with Gasteiger partial charge in [0.1, 0.15) is 5.82 Å². The van der Waals surface area contributed by atoms with Crippen molar-refractivity contribution < 1.29 is 25.2 Å². The molecule has 0 fully saturated rings. The van der Waals surface area contributed by atoms with Crippen LogP contribution in [0.15, 0.2) is 91.1 Å². The first-order chi connectivity index (χ1) is 24.8. The van der Waals surface area contributed by atoms with Gasteiger partial charge in [-0.05, 0) is 81.1 Å². The third kappa shape index (κ3) is 7.37. The number of para-hydroxylation sites is 1. The monoisotopic (exact) mass is 792 g/mol. The summed E-state index contributed by atoms with van der Waals surface area (Å²) in [5.74, 6) is 2.49. The molecule has 0 saturated carbocycles. The summed E-state index contributed by atoms with van der Waals surface area (Å²) in [5.41, 5.74) is 11.5. The van der Waals surface area contributed by atoms with Gasteiger partial charge in [-0.3, -0.25) is 4.68 Å². The number of benzene rings is 4. The standard InChI is InChI=1S/C47H50N4O.Pd/c1-11-40-45(32-24-33(46(5,6)7)27-34(25-32)47(8,9)10)41(12-2)51(49-40)35-16-15-17-36(28-35)52-37-20-21-39-38-18-13-14-19-42(38)50(43(39)29-37)44-26-31(30(3)4)22-23-48-44;/h13-27,30H,11-12H2,1-10H3;/q-2;+2. The summed E-state index contributed by atoms with van der Waals surface area (Å²) < 4.78 is 10.8. The quantitative estimate of drug-likeness (QED) is 0.114. The number of fused-ring (bicyclic) bond motifs is 3. The summed E-state index contributed by atoms with van der Waals surface area (Å²) in [6.07, 6.45) is 3.55. The summed E-state index contributed by atoms with van der Waals surface area (Å²) in [4.78, 5) is 4.80. The normalized spacial score (nSPS) is 12.1. The van der Waals surface area contributed by atoms with Crippen LogP contribution in [0.1, 0.15) is 103 Å². The fourth-order valence-corrected chi connectivity index (χ4v) is 7.07. The maximum absolute atomic E-state index is 6.54. The molecule has 5 nitrogen and oxygen atoms in total. The topological polar surface area (TPSA) is 44.9 Å². The van der Waals surface area contributed by atoms with Crippen LogP contribution >= 0.6 is 0 Å². The maximum atomic E-state index is 6.54. The second kappa shape index (κ2) is 14.7. The smallest absolute Gasteiger partial charge is 0.509 e. The van der Waals surface area contributed by atoms with Gasteiger partial charge < -0.3 is 9.30 Å². The Morgan fingerprint density at radius 2 is 1.43 bits per heavy atom. The van der Waals surface area contributed by atoms with Gasteiger partial charge in [-0.1, -0.05) is 111 Å². The molecule has 0 amide bonds. The van der Waals surface area contributed by atoms with Crippen LogP contribution in [0, 0.1) is 12.1 Å². The van der Waals surface area contributed by atoms with Crippen LogP contribution in [0.25, 0.3) is 44.4 Å². The molecule has 0 N–H and O–H groups in total. The van der Waals surface area contributed by atoms with E-state index >= 15 is 0 Å². The van der Waals surface area contributed by atoms with Crippen LogP contribution in [0.5, 0.6) is 11.5 Å². The molecule has 3 aromatic heterocycles. The van der Waals surface area contributed by atoms with Gasteiger partial charge in [0.15, 0.2) is 0 Å². The van der Waals surface area contributed by atoms with Crippen molar-refractivity contribution in [3.63, 3.8) is 0 Å². The van der Waals surface area contributed by atoms with E-state index in [9.17, 15) is 0 Å². The van der Waals surface area contributed by atoms with Gasteiger partial charge in [-0.25, -0.2) is 4.98 Å². The molecule has 0 unspecified atom stereocenters. The van der Waals surface area contributed by atoms with Crippen molar-refractivity contribution in [2.75, 3.05) is 0 Å². The van der Waals surface area contributed by atoms with E-state index in [2.05, 4.69) is 157 Å². The fourth-order valence-electron chi connectivity index (χ4n) is 7.07. The van der Waals surface area contributed by atoms with Gasteiger partial charge in [-0.2, -0.15) is 17.2 Å². The van der Waals surface area contributed by atoms with Crippen LogP contribution in [-0.2, 0) is 44.1 Å². The molecule has 0 aliphatic carbocycles. The molecule has 6 heteroatoms. The maximum Gasteiger partial charge on any atom is 2.00 e. The van der Waals surface area contributed by atoms with Crippen molar-refractivity contribution in [1.82, 2.24) is 19.3 Å². The number of rotatable bonds is 8. The van der Waals surface area contributed by atoms with E-state index in [4.69, 9.17) is 14.8 Å². The van der Waals surface area contributed by atoms with Gasteiger partial charge in [0.05, 0.1) is 5.69 Å². The van der Waals surface area contributed by atoms with Crippen molar-refractivity contribution in [3.8, 4) is 34.1 Å². The number of aryl methyl sites for hydroxylation is 1. The summed E-state index contributed by atoms with van der Waals surface area (Å²) in [7, 11) is 0. The van der Waals surface area contributed by atoms with Crippen LogP contribution in [0.3, 0.4) is 0 Å². The number of ether oxygens (including phenoxy) is 1. The Kier molecular flexibility index (Phi) is 10.6. The second-order valence-electron chi connectivity index (χ2n) is 16.2. The zero-order valence-electron chi connectivity index (χ0n) is 32.7. The zero-order chi connectivity index (χ0) is 36.9. The summed E-state index contributed by atoms with van der Waals surface area (Å²) in [6.45, 7) is 22.6. The third-order valence-corrected chi connectivity index (χ3v) is 10.1. The molecule has 3 heterocycles.